The van der Waals surface area contributed by atoms with E-state index in [1.807, 2.05) is 23.9 Å². The Hall–Kier alpha value is -0.580. The number of benzene rings is 1. The molecule has 0 bridgehead atoms. The fourth-order valence-corrected chi connectivity index (χ4v) is 3.81. The summed E-state index contributed by atoms with van der Waals surface area (Å²) >= 11 is 1.94. The molecule has 0 spiro atoms. The molecule has 2 atom stereocenters. The summed E-state index contributed by atoms with van der Waals surface area (Å²) in [7, 11) is 0. The molecule has 0 aromatic heterocycles. The quantitative estimate of drug-likeness (QED) is 0.640. The van der Waals surface area contributed by atoms with Crippen molar-refractivity contribution in [1.82, 2.24) is 5.43 Å². The van der Waals surface area contributed by atoms with Crippen molar-refractivity contribution in [2.24, 2.45) is 5.84 Å². The van der Waals surface area contributed by atoms with E-state index in [1.165, 1.54) is 18.2 Å². The predicted octanol–water partition coefficient (Wildman–Crippen LogP) is 2.49. The Kier molecular flexibility index (Phi) is 4.07. The Bertz CT molecular complexity index is 377. The van der Waals surface area contributed by atoms with Crippen LogP contribution in [0.15, 0.2) is 24.3 Å². The van der Waals surface area contributed by atoms with Gasteiger partial charge in [0, 0.05) is 10.8 Å². The first kappa shape index (κ1) is 12.9. The van der Waals surface area contributed by atoms with Crippen LogP contribution in [0.4, 0.5) is 4.39 Å². The van der Waals surface area contributed by atoms with E-state index in [0.29, 0.717) is 6.42 Å². The third-order valence-electron chi connectivity index (χ3n) is 3.57. The van der Waals surface area contributed by atoms with Gasteiger partial charge in [0.15, 0.2) is 0 Å². The highest BCUT2D eigenvalue weighted by molar-refractivity contribution is 8.00. The van der Waals surface area contributed by atoms with Gasteiger partial charge in [0.05, 0.1) is 0 Å². The third-order valence-corrected chi connectivity index (χ3v) is 5.21. The highest BCUT2D eigenvalue weighted by Crippen LogP contribution is 2.41. The van der Waals surface area contributed by atoms with Crippen LogP contribution in [-0.4, -0.2) is 16.5 Å². The summed E-state index contributed by atoms with van der Waals surface area (Å²) in [6.07, 6.45) is 3.00. The molecular weight excluding hydrogens is 235 g/mol. The van der Waals surface area contributed by atoms with Gasteiger partial charge in [0.1, 0.15) is 5.82 Å². The molecule has 0 amide bonds. The first-order valence-electron chi connectivity index (χ1n) is 5.99. The van der Waals surface area contributed by atoms with Crippen LogP contribution in [0.2, 0.25) is 0 Å². The molecule has 0 aliphatic carbocycles. The largest absolute Gasteiger partial charge is 0.271 e. The van der Waals surface area contributed by atoms with Crippen molar-refractivity contribution in [2.45, 2.75) is 37.0 Å². The minimum Gasteiger partial charge on any atom is -0.271 e. The van der Waals surface area contributed by atoms with Crippen LogP contribution in [0.1, 0.15) is 25.3 Å². The van der Waals surface area contributed by atoms with E-state index < -0.39 is 0 Å². The molecule has 1 aliphatic rings. The molecule has 2 nitrogen and oxygen atoms in total. The second-order valence-electron chi connectivity index (χ2n) is 4.78. The average Bonchev–Trinajstić information content (AvgIpc) is 2.76. The van der Waals surface area contributed by atoms with Crippen molar-refractivity contribution in [2.75, 3.05) is 5.75 Å². The molecule has 1 aromatic carbocycles. The molecule has 4 heteroatoms. The fraction of sp³-hybridized carbons (Fsp3) is 0.538. The molecule has 1 aromatic rings. The van der Waals surface area contributed by atoms with E-state index in [4.69, 9.17) is 5.84 Å². The molecule has 17 heavy (non-hydrogen) atoms. The number of hydrogen-bond donors (Lipinski definition) is 2. The minimum absolute atomic E-state index is 0.117. The van der Waals surface area contributed by atoms with Crippen LogP contribution >= 0.6 is 11.8 Å². The molecule has 1 saturated heterocycles. The van der Waals surface area contributed by atoms with Crippen LogP contribution in [0, 0.1) is 5.82 Å². The van der Waals surface area contributed by atoms with Crippen molar-refractivity contribution < 1.29 is 4.39 Å². The van der Waals surface area contributed by atoms with Gasteiger partial charge in [-0.3, -0.25) is 11.3 Å². The number of halogens is 1. The lowest BCUT2D eigenvalue weighted by Gasteiger charge is -2.33. The second kappa shape index (κ2) is 5.38. The number of thioether (sulfide) groups is 1. The van der Waals surface area contributed by atoms with E-state index >= 15 is 0 Å². The monoisotopic (exact) mass is 254 g/mol. The Morgan fingerprint density at radius 3 is 2.88 bits per heavy atom. The van der Waals surface area contributed by atoms with Crippen molar-refractivity contribution in [3.63, 3.8) is 0 Å². The SMILES string of the molecule is CC1(C(Cc2ccccc2F)NN)CCCS1. The van der Waals surface area contributed by atoms with E-state index in [0.717, 1.165) is 12.0 Å². The van der Waals surface area contributed by atoms with E-state index in [9.17, 15) is 4.39 Å². The second-order valence-corrected chi connectivity index (χ2v) is 6.41. The Balaban J connectivity index is 2.12. The molecule has 2 rings (SSSR count). The Labute approximate surface area is 106 Å². The molecule has 94 valence electrons. The molecule has 0 saturated carbocycles. The van der Waals surface area contributed by atoms with Crippen LogP contribution in [-0.2, 0) is 6.42 Å². The smallest absolute Gasteiger partial charge is 0.126 e. The van der Waals surface area contributed by atoms with Gasteiger partial charge in [0.2, 0.25) is 0 Å². The molecule has 1 fully saturated rings. The van der Waals surface area contributed by atoms with E-state index in [2.05, 4.69) is 12.3 Å². The van der Waals surface area contributed by atoms with Gasteiger partial charge in [-0.2, -0.15) is 11.8 Å². The van der Waals surface area contributed by atoms with Gasteiger partial charge in [-0.25, -0.2) is 4.39 Å². The highest BCUT2D eigenvalue weighted by atomic mass is 32.2. The lowest BCUT2D eigenvalue weighted by molar-refractivity contribution is 0.400. The minimum atomic E-state index is -0.139. The maximum atomic E-state index is 13.6. The van der Waals surface area contributed by atoms with Crippen molar-refractivity contribution in [1.29, 1.82) is 0 Å². The van der Waals surface area contributed by atoms with Gasteiger partial charge in [-0.15, -0.1) is 0 Å². The highest BCUT2D eigenvalue weighted by Gasteiger charge is 2.37. The normalized spacial score (nSPS) is 26.1. The summed E-state index contributed by atoms with van der Waals surface area (Å²) in [6.45, 7) is 2.22. The van der Waals surface area contributed by atoms with Crippen molar-refractivity contribution in [3.05, 3.63) is 35.6 Å². The lowest BCUT2D eigenvalue weighted by atomic mass is 9.91. The van der Waals surface area contributed by atoms with Crippen LogP contribution in [0.3, 0.4) is 0 Å². The summed E-state index contributed by atoms with van der Waals surface area (Å²) in [5.74, 6) is 6.68. The van der Waals surface area contributed by atoms with Crippen molar-refractivity contribution >= 4 is 11.8 Å². The summed E-state index contributed by atoms with van der Waals surface area (Å²) in [4.78, 5) is 0. The zero-order valence-corrected chi connectivity index (χ0v) is 10.9. The first-order chi connectivity index (χ1) is 8.15. The average molecular weight is 254 g/mol. The number of rotatable bonds is 4. The topological polar surface area (TPSA) is 38.0 Å². The summed E-state index contributed by atoms with van der Waals surface area (Å²) in [5.41, 5.74) is 3.61. The van der Waals surface area contributed by atoms with Gasteiger partial charge < -0.3 is 0 Å². The van der Waals surface area contributed by atoms with Crippen LogP contribution in [0.25, 0.3) is 0 Å². The molecule has 3 N–H and O–H groups in total. The maximum absolute atomic E-state index is 13.6. The summed E-state index contributed by atoms with van der Waals surface area (Å²) in [6, 6.07) is 7.05. The number of nitrogens with two attached hydrogens (primary N) is 1. The predicted molar refractivity (Wildman–Crippen MR) is 71.3 cm³/mol. The van der Waals surface area contributed by atoms with Gasteiger partial charge >= 0.3 is 0 Å². The molecular formula is C13H19FN2S. The Morgan fingerprint density at radius 2 is 2.29 bits per heavy atom. The van der Waals surface area contributed by atoms with Crippen molar-refractivity contribution in [3.8, 4) is 0 Å². The zero-order valence-electron chi connectivity index (χ0n) is 10.1. The zero-order chi connectivity index (χ0) is 12.3. The Morgan fingerprint density at radius 1 is 1.53 bits per heavy atom. The molecule has 1 heterocycles. The maximum Gasteiger partial charge on any atom is 0.126 e. The summed E-state index contributed by atoms with van der Waals surface area (Å²) in [5, 5.41) is 0. The molecule has 0 radical (unpaired) electrons. The summed E-state index contributed by atoms with van der Waals surface area (Å²) < 4.78 is 13.7. The molecule has 2 unspecified atom stereocenters. The van der Waals surface area contributed by atoms with E-state index in [1.54, 1.807) is 6.07 Å². The van der Waals surface area contributed by atoms with Crippen LogP contribution < -0.4 is 11.3 Å². The van der Waals surface area contributed by atoms with E-state index in [-0.39, 0.29) is 16.6 Å². The number of hydrazine groups is 1. The number of hydrogen-bond acceptors (Lipinski definition) is 3. The molecule has 1 aliphatic heterocycles. The third kappa shape index (κ3) is 2.81. The standard InChI is InChI=1S/C13H19FN2S/c1-13(7-4-8-17-13)12(16-15)9-10-5-2-3-6-11(10)14/h2-3,5-6,12,16H,4,7-9,15H2,1H3. The first-order valence-corrected chi connectivity index (χ1v) is 6.98. The fourth-order valence-electron chi connectivity index (χ4n) is 2.41. The van der Waals surface area contributed by atoms with Gasteiger partial charge in [-0.1, -0.05) is 18.2 Å². The van der Waals surface area contributed by atoms with Gasteiger partial charge in [0.25, 0.3) is 0 Å². The lowest BCUT2D eigenvalue weighted by Crippen LogP contribution is -2.50. The van der Waals surface area contributed by atoms with Gasteiger partial charge in [-0.05, 0) is 43.6 Å². The number of nitrogens with one attached hydrogen (secondary N) is 1. The van der Waals surface area contributed by atoms with Crippen LogP contribution in [0.5, 0.6) is 0 Å².